The van der Waals surface area contributed by atoms with Crippen molar-refractivity contribution in [3.05, 3.63) is 0 Å². The van der Waals surface area contributed by atoms with Crippen molar-refractivity contribution in [3.8, 4) is 0 Å². The van der Waals surface area contributed by atoms with Crippen LogP contribution in [-0.2, 0) is 0 Å². The zero-order chi connectivity index (χ0) is 8.48. The summed E-state index contributed by atoms with van der Waals surface area (Å²) in [6.45, 7) is 8.36. The van der Waals surface area contributed by atoms with Crippen LogP contribution >= 0.6 is 0 Å². The van der Waals surface area contributed by atoms with E-state index < -0.39 is 0 Å². The molecule has 1 aliphatic rings. The van der Waals surface area contributed by atoms with Gasteiger partial charge in [0.2, 0.25) is 0 Å². The summed E-state index contributed by atoms with van der Waals surface area (Å²) in [5.41, 5.74) is 0.470. The van der Waals surface area contributed by atoms with Crippen molar-refractivity contribution in [1.29, 1.82) is 0 Å². The molecule has 1 aliphatic heterocycles. The highest BCUT2D eigenvalue weighted by Gasteiger charge is 2.34. The van der Waals surface area contributed by atoms with E-state index >= 15 is 0 Å². The van der Waals surface area contributed by atoms with Crippen LogP contribution in [0.25, 0.3) is 0 Å². The summed E-state index contributed by atoms with van der Waals surface area (Å²) in [4.78, 5) is 2.53. The Hall–Kier alpha value is -0.0400. The maximum absolute atomic E-state index is 2.53. The van der Waals surface area contributed by atoms with E-state index in [1.807, 2.05) is 0 Å². The molecule has 1 saturated heterocycles. The Morgan fingerprint density at radius 1 is 1.27 bits per heavy atom. The molecule has 1 unspecified atom stereocenters. The van der Waals surface area contributed by atoms with Gasteiger partial charge in [-0.1, -0.05) is 20.3 Å². The normalized spacial score (nSPS) is 34.6. The van der Waals surface area contributed by atoms with Crippen molar-refractivity contribution in [2.45, 2.75) is 45.6 Å². The van der Waals surface area contributed by atoms with Crippen molar-refractivity contribution in [2.24, 2.45) is 5.92 Å². The Bertz CT molecular complexity index is 131. The fraction of sp³-hybridized carbons (Fsp3) is 1.00. The topological polar surface area (TPSA) is 3.24 Å². The van der Waals surface area contributed by atoms with E-state index in [0.29, 0.717) is 5.54 Å². The molecule has 0 spiro atoms. The van der Waals surface area contributed by atoms with Crippen molar-refractivity contribution >= 4 is 0 Å². The van der Waals surface area contributed by atoms with Gasteiger partial charge < -0.3 is 4.90 Å². The predicted molar refractivity (Wildman–Crippen MR) is 49.7 cm³/mol. The van der Waals surface area contributed by atoms with Crippen LogP contribution in [0, 0.1) is 5.92 Å². The second kappa shape index (κ2) is 3.14. The molecule has 11 heavy (non-hydrogen) atoms. The molecule has 1 atom stereocenters. The third-order valence-electron chi connectivity index (χ3n) is 3.54. The van der Waals surface area contributed by atoms with Gasteiger partial charge in [-0.05, 0) is 39.3 Å². The Morgan fingerprint density at radius 2 is 1.91 bits per heavy atom. The van der Waals surface area contributed by atoms with Crippen LogP contribution in [0.4, 0.5) is 0 Å². The van der Waals surface area contributed by atoms with E-state index in [4.69, 9.17) is 0 Å². The number of piperidine rings is 1. The van der Waals surface area contributed by atoms with Crippen molar-refractivity contribution < 1.29 is 0 Å². The number of hydrogen-bond acceptors (Lipinski definition) is 1. The lowest BCUT2D eigenvalue weighted by Crippen LogP contribution is -2.50. The van der Waals surface area contributed by atoms with E-state index in [1.54, 1.807) is 0 Å². The summed E-state index contributed by atoms with van der Waals surface area (Å²) in [5.74, 6) is 0.785. The molecular formula is C10H21N. The van der Waals surface area contributed by atoms with Gasteiger partial charge in [-0.3, -0.25) is 0 Å². The Kier molecular flexibility index (Phi) is 2.58. The molecule has 0 bridgehead atoms. The van der Waals surface area contributed by atoms with Gasteiger partial charge in [-0.25, -0.2) is 0 Å². The van der Waals surface area contributed by atoms with Gasteiger partial charge >= 0.3 is 0 Å². The number of likely N-dealkylation sites (tertiary alicyclic amines) is 1. The molecule has 0 aromatic rings. The van der Waals surface area contributed by atoms with Gasteiger partial charge in [0.1, 0.15) is 0 Å². The quantitative estimate of drug-likeness (QED) is 0.562. The molecule has 0 radical (unpaired) electrons. The van der Waals surface area contributed by atoms with E-state index in [0.717, 1.165) is 5.92 Å². The Morgan fingerprint density at radius 3 is 2.27 bits per heavy atom. The van der Waals surface area contributed by atoms with Crippen LogP contribution in [0.15, 0.2) is 0 Å². The fourth-order valence-corrected chi connectivity index (χ4v) is 2.01. The second-order valence-electron chi connectivity index (χ2n) is 4.39. The van der Waals surface area contributed by atoms with Crippen LogP contribution < -0.4 is 0 Å². The number of nitrogens with zero attached hydrogens (tertiary/aromatic N) is 1. The molecule has 0 amide bonds. The maximum Gasteiger partial charge on any atom is 0.0201 e. The average molecular weight is 155 g/mol. The first-order valence-electron chi connectivity index (χ1n) is 4.78. The molecule has 0 aliphatic carbocycles. The lowest BCUT2D eigenvalue weighted by atomic mass is 9.80. The van der Waals surface area contributed by atoms with Gasteiger partial charge in [0.15, 0.2) is 0 Å². The highest BCUT2D eigenvalue weighted by molar-refractivity contribution is 4.90. The molecule has 1 nitrogen and oxygen atoms in total. The summed E-state index contributed by atoms with van der Waals surface area (Å²) in [7, 11) is 2.26. The van der Waals surface area contributed by atoms with Crippen molar-refractivity contribution in [3.63, 3.8) is 0 Å². The largest absolute Gasteiger partial charge is 0.301 e. The van der Waals surface area contributed by atoms with Crippen LogP contribution in [-0.4, -0.2) is 24.0 Å². The highest BCUT2D eigenvalue weighted by Crippen LogP contribution is 2.32. The molecule has 1 rings (SSSR count). The zero-order valence-electron chi connectivity index (χ0n) is 8.35. The van der Waals surface area contributed by atoms with Gasteiger partial charge in [-0.2, -0.15) is 0 Å². The SMILES string of the molecule is CC(C)C1(C)CCCCN1C. The van der Waals surface area contributed by atoms with Gasteiger partial charge in [0.25, 0.3) is 0 Å². The standard InChI is InChI=1S/C10H21N/c1-9(2)10(3)7-5-6-8-11(10)4/h9H,5-8H2,1-4H3. The molecule has 1 heterocycles. The van der Waals surface area contributed by atoms with Gasteiger partial charge in [-0.15, -0.1) is 0 Å². The summed E-state index contributed by atoms with van der Waals surface area (Å²) >= 11 is 0. The fourth-order valence-electron chi connectivity index (χ4n) is 2.01. The van der Waals surface area contributed by atoms with Gasteiger partial charge in [0, 0.05) is 5.54 Å². The van der Waals surface area contributed by atoms with Gasteiger partial charge in [0.05, 0.1) is 0 Å². The Balaban J connectivity index is 2.64. The molecule has 0 saturated carbocycles. The maximum atomic E-state index is 2.53. The minimum atomic E-state index is 0.470. The molecule has 1 fully saturated rings. The summed E-state index contributed by atoms with van der Waals surface area (Å²) in [6, 6.07) is 0. The van der Waals surface area contributed by atoms with E-state index in [1.165, 1.54) is 25.8 Å². The van der Waals surface area contributed by atoms with Crippen molar-refractivity contribution in [1.82, 2.24) is 4.90 Å². The average Bonchev–Trinajstić information content (AvgIpc) is 1.95. The Labute approximate surface area is 70.8 Å². The first kappa shape index (κ1) is 9.05. The molecule has 0 aromatic heterocycles. The zero-order valence-corrected chi connectivity index (χ0v) is 8.35. The first-order valence-corrected chi connectivity index (χ1v) is 4.78. The van der Waals surface area contributed by atoms with Crippen LogP contribution in [0.1, 0.15) is 40.0 Å². The van der Waals surface area contributed by atoms with Crippen LogP contribution in [0.3, 0.4) is 0 Å². The summed E-state index contributed by atoms with van der Waals surface area (Å²) < 4.78 is 0. The molecule has 0 N–H and O–H groups in total. The van der Waals surface area contributed by atoms with Crippen molar-refractivity contribution in [2.75, 3.05) is 13.6 Å². The molecule has 1 heteroatoms. The molecule has 66 valence electrons. The molecular weight excluding hydrogens is 134 g/mol. The summed E-state index contributed by atoms with van der Waals surface area (Å²) in [6.07, 6.45) is 4.18. The van der Waals surface area contributed by atoms with Crippen LogP contribution in [0.5, 0.6) is 0 Å². The van der Waals surface area contributed by atoms with E-state index in [9.17, 15) is 0 Å². The lowest BCUT2D eigenvalue weighted by molar-refractivity contribution is 0.0476. The smallest absolute Gasteiger partial charge is 0.0201 e. The van der Waals surface area contributed by atoms with E-state index in [2.05, 4.69) is 32.7 Å². The first-order chi connectivity index (χ1) is 5.07. The second-order valence-corrected chi connectivity index (χ2v) is 4.39. The molecule has 0 aromatic carbocycles. The minimum absolute atomic E-state index is 0.470. The number of rotatable bonds is 1. The lowest BCUT2D eigenvalue weighted by Gasteiger charge is -2.46. The number of hydrogen-bond donors (Lipinski definition) is 0. The third kappa shape index (κ3) is 1.58. The third-order valence-corrected chi connectivity index (χ3v) is 3.54. The highest BCUT2D eigenvalue weighted by atomic mass is 15.2. The minimum Gasteiger partial charge on any atom is -0.301 e. The van der Waals surface area contributed by atoms with E-state index in [-0.39, 0.29) is 0 Å². The monoisotopic (exact) mass is 155 g/mol. The predicted octanol–water partition coefficient (Wildman–Crippen LogP) is 2.52. The summed E-state index contributed by atoms with van der Waals surface area (Å²) in [5, 5.41) is 0. The van der Waals surface area contributed by atoms with Crippen LogP contribution in [0.2, 0.25) is 0 Å².